The smallest absolute Gasteiger partial charge is 0.270 e. The number of carbonyl (C=O) groups excluding carboxylic acids is 1. The highest BCUT2D eigenvalue weighted by molar-refractivity contribution is 7.16. The first-order valence-electron chi connectivity index (χ1n) is 11.5. The van der Waals surface area contributed by atoms with Crippen molar-refractivity contribution >= 4 is 45.7 Å². The lowest BCUT2D eigenvalue weighted by atomic mass is 9.95. The van der Waals surface area contributed by atoms with Crippen LogP contribution in [0.25, 0.3) is 11.3 Å². The molecule has 2 aromatic heterocycles. The Labute approximate surface area is 216 Å². The second-order valence-corrected chi connectivity index (χ2v) is 9.93. The maximum Gasteiger partial charge on any atom is 0.270 e. The number of fused-ring (bicyclic) bond motifs is 1. The molecule has 7 nitrogen and oxygen atoms in total. The topological polar surface area (TPSA) is 97.7 Å². The molecular weight excluding hydrogens is 498 g/mol. The van der Waals surface area contributed by atoms with Crippen molar-refractivity contribution < 1.29 is 14.1 Å². The van der Waals surface area contributed by atoms with E-state index in [4.69, 9.17) is 16.0 Å². The largest absolute Gasteiger partial charge is 0.455 e. The van der Waals surface area contributed by atoms with Crippen molar-refractivity contribution in [3.05, 3.63) is 103 Å². The molecule has 4 aromatic rings. The fourth-order valence-corrected chi connectivity index (χ4v) is 5.69. The summed E-state index contributed by atoms with van der Waals surface area (Å²) in [5, 5.41) is 15.2. The molecule has 1 amide bonds. The molecule has 0 saturated heterocycles. The molecule has 0 saturated carbocycles. The van der Waals surface area contributed by atoms with E-state index in [9.17, 15) is 14.9 Å². The number of hydrogen-bond acceptors (Lipinski definition) is 6. The van der Waals surface area contributed by atoms with E-state index in [1.54, 1.807) is 29.7 Å². The zero-order valence-corrected chi connectivity index (χ0v) is 20.8. The van der Waals surface area contributed by atoms with Crippen molar-refractivity contribution in [3.63, 3.8) is 0 Å². The van der Waals surface area contributed by atoms with Gasteiger partial charge in [-0.2, -0.15) is 0 Å². The van der Waals surface area contributed by atoms with E-state index in [1.807, 2.05) is 30.3 Å². The predicted molar refractivity (Wildman–Crippen MR) is 142 cm³/mol. The van der Waals surface area contributed by atoms with E-state index >= 15 is 0 Å². The Morgan fingerprint density at radius 3 is 2.75 bits per heavy atom. The van der Waals surface area contributed by atoms with Crippen LogP contribution in [0.4, 0.5) is 10.7 Å². The normalized spacial score (nSPS) is 13.0. The minimum absolute atomic E-state index is 0.0728. The molecule has 1 N–H and O–H groups in total. The van der Waals surface area contributed by atoms with Crippen LogP contribution in [0.2, 0.25) is 5.02 Å². The Kier molecular flexibility index (Phi) is 6.97. The third-order valence-electron chi connectivity index (χ3n) is 6.04. The molecule has 5 rings (SSSR count). The van der Waals surface area contributed by atoms with Crippen molar-refractivity contribution in [2.75, 3.05) is 0 Å². The molecule has 0 atom stereocenters. The van der Waals surface area contributed by atoms with Gasteiger partial charge in [0.2, 0.25) is 0 Å². The van der Waals surface area contributed by atoms with Gasteiger partial charge in [-0.15, -0.1) is 11.3 Å². The molecule has 9 heteroatoms. The summed E-state index contributed by atoms with van der Waals surface area (Å²) in [5.41, 5.74) is 3.11. The first-order chi connectivity index (χ1) is 17.5. The first kappa shape index (κ1) is 24.0. The Hall–Kier alpha value is -3.75. The molecular formula is C27H22ClN3O4S. The molecule has 2 aromatic carbocycles. The number of benzene rings is 2. The summed E-state index contributed by atoms with van der Waals surface area (Å²) in [5.74, 6) is 0.722. The highest BCUT2D eigenvalue weighted by Crippen LogP contribution is 2.40. The third-order valence-corrected chi connectivity index (χ3v) is 7.57. The summed E-state index contributed by atoms with van der Waals surface area (Å²) in [6.07, 6.45) is 5.54. The van der Waals surface area contributed by atoms with Gasteiger partial charge in [0.15, 0.2) is 0 Å². The highest BCUT2D eigenvalue weighted by atomic mass is 35.5. The van der Waals surface area contributed by atoms with E-state index in [2.05, 4.69) is 10.3 Å². The van der Waals surface area contributed by atoms with Gasteiger partial charge in [-0.05, 0) is 55.0 Å². The second-order valence-electron chi connectivity index (χ2n) is 8.44. The second kappa shape index (κ2) is 10.5. The van der Waals surface area contributed by atoms with Crippen LogP contribution in [-0.4, -0.2) is 17.0 Å². The molecule has 2 heterocycles. The molecule has 0 spiro atoms. The zero-order chi connectivity index (χ0) is 25.1. The van der Waals surface area contributed by atoms with Crippen LogP contribution in [0.3, 0.4) is 0 Å². The SMILES string of the molecule is O=C(NCc1ccccc1)c1c(N=Cc2ccc(-c3cc([N+](=O)[O-])ccc3Cl)o2)sc2c1CCCC2. The standard InChI is InChI=1S/C27H22ClN3O4S/c28-22-12-10-18(31(33)34)14-21(22)23-13-11-19(35-23)16-30-27-25(20-8-4-5-9-24(20)36-27)26(32)29-15-17-6-2-1-3-7-17/h1-3,6-7,10-14,16H,4-5,8-9,15H2,(H,29,32). The predicted octanol–water partition coefficient (Wildman–Crippen LogP) is 7.13. The summed E-state index contributed by atoms with van der Waals surface area (Å²) in [7, 11) is 0. The van der Waals surface area contributed by atoms with E-state index in [1.165, 1.54) is 23.1 Å². The number of non-ortho nitro benzene ring substituents is 1. The molecule has 0 aliphatic heterocycles. The lowest BCUT2D eigenvalue weighted by molar-refractivity contribution is -0.384. The number of nitro benzene ring substituents is 1. The molecule has 1 aliphatic carbocycles. The average molecular weight is 520 g/mol. The first-order valence-corrected chi connectivity index (χ1v) is 12.7. The van der Waals surface area contributed by atoms with Crippen LogP contribution in [0.5, 0.6) is 0 Å². The number of nitro groups is 1. The maximum atomic E-state index is 13.2. The number of amides is 1. The van der Waals surface area contributed by atoms with Gasteiger partial charge in [0.1, 0.15) is 16.5 Å². The van der Waals surface area contributed by atoms with Crippen molar-refractivity contribution in [1.82, 2.24) is 5.32 Å². The molecule has 0 bridgehead atoms. The average Bonchev–Trinajstić information content (AvgIpc) is 3.51. The number of nitrogens with one attached hydrogen (secondary N) is 1. The van der Waals surface area contributed by atoms with Crippen molar-refractivity contribution in [1.29, 1.82) is 0 Å². The van der Waals surface area contributed by atoms with Crippen molar-refractivity contribution in [2.45, 2.75) is 32.2 Å². The van der Waals surface area contributed by atoms with Crippen molar-refractivity contribution in [2.24, 2.45) is 4.99 Å². The molecule has 1 aliphatic rings. The Balaban J connectivity index is 1.40. The van der Waals surface area contributed by atoms with E-state index in [-0.39, 0.29) is 11.6 Å². The Bertz CT molecular complexity index is 1460. The minimum atomic E-state index is -0.478. The summed E-state index contributed by atoms with van der Waals surface area (Å²) in [4.78, 5) is 29.7. The van der Waals surface area contributed by atoms with Crippen LogP contribution in [0.1, 0.15) is 45.0 Å². The summed E-state index contributed by atoms with van der Waals surface area (Å²) in [6.45, 7) is 0.443. The summed E-state index contributed by atoms with van der Waals surface area (Å²) >= 11 is 7.79. The lowest BCUT2D eigenvalue weighted by Crippen LogP contribution is -2.24. The number of aryl methyl sites for hydroxylation is 1. The molecule has 0 radical (unpaired) electrons. The van der Waals surface area contributed by atoms with Gasteiger partial charge in [0, 0.05) is 29.1 Å². The van der Waals surface area contributed by atoms with Crippen LogP contribution < -0.4 is 5.32 Å². The molecule has 36 heavy (non-hydrogen) atoms. The van der Waals surface area contributed by atoms with Gasteiger partial charge in [-0.1, -0.05) is 41.9 Å². The highest BCUT2D eigenvalue weighted by Gasteiger charge is 2.25. The van der Waals surface area contributed by atoms with Crippen LogP contribution in [0, 0.1) is 10.1 Å². The number of thiophene rings is 1. The number of halogens is 1. The summed E-state index contributed by atoms with van der Waals surface area (Å²) < 4.78 is 5.86. The van der Waals surface area contributed by atoms with Gasteiger partial charge < -0.3 is 9.73 Å². The lowest BCUT2D eigenvalue weighted by Gasteiger charge is -2.12. The number of carbonyl (C=O) groups is 1. The number of hydrogen-bond donors (Lipinski definition) is 1. The van der Waals surface area contributed by atoms with Gasteiger partial charge >= 0.3 is 0 Å². The van der Waals surface area contributed by atoms with Gasteiger partial charge in [-0.3, -0.25) is 14.9 Å². The third kappa shape index (κ3) is 5.10. The summed E-state index contributed by atoms with van der Waals surface area (Å²) in [6, 6.07) is 17.4. The monoisotopic (exact) mass is 519 g/mol. The number of nitrogens with zero attached hydrogens (tertiary/aromatic N) is 2. The van der Waals surface area contributed by atoms with E-state index in [0.717, 1.165) is 36.8 Å². The van der Waals surface area contributed by atoms with E-state index < -0.39 is 4.92 Å². The van der Waals surface area contributed by atoms with Gasteiger partial charge in [0.25, 0.3) is 11.6 Å². The quantitative estimate of drug-likeness (QED) is 0.159. The number of aliphatic imine (C=N–C) groups is 1. The fourth-order valence-electron chi connectivity index (χ4n) is 4.25. The fraction of sp³-hybridized carbons (Fsp3) is 0.185. The maximum absolute atomic E-state index is 13.2. The van der Waals surface area contributed by atoms with Crippen LogP contribution in [0.15, 0.2) is 70.1 Å². The Morgan fingerprint density at radius 1 is 1.14 bits per heavy atom. The molecule has 0 unspecified atom stereocenters. The minimum Gasteiger partial charge on any atom is -0.455 e. The Morgan fingerprint density at radius 2 is 1.94 bits per heavy atom. The van der Waals surface area contributed by atoms with Gasteiger partial charge in [0.05, 0.1) is 21.7 Å². The van der Waals surface area contributed by atoms with Crippen molar-refractivity contribution in [3.8, 4) is 11.3 Å². The van der Waals surface area contributed by atoms with E-state index in [0.29, 0.717) is 39.2 Å². The molecule has 0 fully saturated rings. The number of rotatable bonds is 7. The van der Waals surface area contributed by atoms with Crippen LogP contribution >= 0.6 is 22.9 Å². The molecule has 182 valence electrons. The van der Waals surface area contributed by atoms with Gasteiger partial charge in [-0.25, -0.2) is 4.99 Å². The zero-order valence-electron chi connectivity index (χ0n) is 19.2. The van der Waals surface area contributed by atoms with Crippen LogP contribution in [-0.2, 0) is 19.4 Å². The number of furan rings is 1.